The van der Waals surface area contributed by atoms with Gasteiger partial charge in [0.15, 0.2) is 5.78 Å². The fraction of sp³-hybridized carbons (Fsp3) is 0.833. The number of hydrogen-bond donors (Lipinski definition) is 2. The Morgan fingerprint density at radius 2 is 1.68 bits per heavy atom. The lowest BCUT2D eigenvalue weighted by Gasteiger charge is -2.32. The predicted octanol–water partition coefficient (Wildman–Crippen LogP) is 1.29. The minimum Gasteiger partial charge on any atom is -0.354 e. The summed E-state index contributed by atoms with van der Waals surface area (Å²) in [5.41, 5.74) is 0. The minimum atomic E-state index is -0.0682. The van der Waals surface area contributed by atoms with Crippen LogP contribution in [0.5, 0.6) is 0 Å². The molecule has 6 nitrogen and oxygen atoms in total. The van der Waals surface area contributed by atoms with Crippen LogP contribution in [0.2, 0.25) is 0 Å². The number of nitrogens with one attached hydrogen (secondary N) is 2. The zero-order chi connectivity index (χ0) is 18.0. The molecule has 0 aromatic rings. The molecule has 1 aliphatic carbocycles. The van der Waals surface area contributed by atoms with Gasteiger partial charge in [-0.15, -0.1) is 11.8 Å². The molecular weight excluding hydrogens is 338 g/mol. The molecule has 7 heteroatoms. The number of rotatable bonds is 3. The zero-order valence-electron chi connectivity index (χ0n) is 15.1. The van der Waals surface area contributed by atoms with E-state index in [2.05, 4.69) is 10.6 Å². The summed E-state index contributed by atoms with van der Waals surface area (Å²) >= 11 is 1.73. The highest BCUT2D eigenvalue weighted by Gasteiger charge is 2.39. The summed E-state index contributed by atoms with van der Waals surface area (Å²) < 4.78 is 0. The van der Waals surface area contributed by atoms with Crippen molar-refractivity contribution >= 4 is 29.4 Å². The summed E-state index contributed by atoms with van der Waals surface area (Å²) in [6, 6.07) is 0.571. The van der Waals surface area contributed by atoms with Crippen LogP contribution in [-0.4, -0.2) is 58.3 Å². The summed E-state index contributed by atoms with van der Waals surface area (Å²) in [5, 5.41) is 6.76. The lowest BCUT2D eigenvalue weighted by atomic mass is 9.85. The van der Waals surface area contributed by atoms with Gasteiger partial charge < -0.3 is 10.2 Å². The Bertz CT molecular complexity index is 518. The average Bonchev–Trinajstić information content (AvgIpc) is 2.88. The molecule has 2 amide bonds. The number of carbonyl (C=O) groups excluding carboxylic acids is 3. The number of nitrogens with zero attached hydrogens (tertiary/aromatic N) is 1. The highest BCUT2D eigenvalue weighted by molar-refractivity contribution is 8.01. The van der Waals surface area contributed by atoms with Crippen molar-refractivity contribution in [3.8, 4) is 0 Å². The van der Waals surface area contributed by atoms with Crippen molar-refractivity contribution in [2.24, 2.45) is 5.92 Å². The van der Waals surface area contributed by atoms with Gasteiger partial charge in [-0.1, -0.05) is 0 Å². The quantitative estimate of drug-likeness (QED) is 0.786. The van der Waals surface area contributed by atoms with E-state index >= 15 is 0 Å². The molecule has 140 valence electrons. The van der Waals surface area contributed by atoms with Gasteiger partial charge in [-0.05, 0) is 45.4 Å². The predicted molar refractivity (Wildman–Crippen MR) is 98.1 cm³/mol. The van der Waals surface area contributed by atoms with Gasteiger partial charge in [-0.3, -0.25) is 19.7 Å². The van der Waals surface area contributed by atoms with Gasteiger partial charge in [0.2, 0.25) is 11.8 Å². The third-order valence-corrected chi connectivity index (χ3v) is 7.34. The van der Waals surface area contributed by atoms with E-state index in [1.54, 1.807) is 25.6 Å². The first-order valence-corrected chi connectivity index (χ1v) is 10.4. The van der Waals surface area contributed by atoms with Crippen molar-refractivity contribution in [1.82, 2.24) is 15.5 Å². The van der Waals surface area contributed by atoms with Crippen molar-refractivity contribution in [3.63, 3.8) is 0 Å². The number of fused-ring (bicyclic) bond motifs is 1. The van der Waals surface area contributed by atoms with Crippen molar-refractivity contribution in [2.45, 2.75) is 75.1 Å². The first-order chi connectivity index (χ1) is 11.9. The van der Waals surface area contributed by atoms with Crippen molar-refractivity contribution in [3.05, 3.63) is 0 Å². The van der Waals surface area contributed by atoms with Gasteiger partial charge in [-0.25, -0.2) is 0 Å². The Labute approximate surface area is 153 Å². The Morgan fingerprint density at radius 3 is 2.32 bits per heavy atom. The maximum Gasteiger partial charge on any atom is 0.225 e. The average molecular weight is 368 g/mol. The van der Waals surface area contributed by atoms with E-state index in [1.165, 1.54) is 0 Å². The lowest BCUT2D eigenvalue weighted by Crippen LogP contribution is -2.42. The van der Waals surface area contributed by atoms with Crippen LogP contribution in [0, 0.1) is 5.92 Å². The number of hydrogen-bond acceptors (Lipinski definition) is 5. The molecule has 25 heavy (non-hydrogen) atoms. The van der Waals surface area contributed by atoms with Gasteiger partial charge in [-0.2, -0.15) is 0 Å². The summed E-state index contributed by atoms with van der Waals surface area (Å²) in [5.74, 6) is 0.604. The van der Waals surface area contributed by atoms with Crippen LogP contribution in [-0.2, 0) is 14.4 Å². The van der Waals surface area contributed by atoms with Gasteiger partial charge in [0.05, 0.1) is 0 Å². The Balaban J connectivity index is 1.48. The fourth-order valence-electron chi connectivity index (χ4n) is 4.30. The molecule has 3 atom stereocenters. The number of carbonyl (C=O) groups is 3. The van der Waals surface area contributed by atoms with Crippen LogP contribution in [0.4, 0.5) is 0 Å². The lowest BCUT2D eigenvalue weighted by molar-refractivity contribution is -0.136. The van der Waals surface area contributed by atoms with Crippen molar-refractivity contribution < 1.29 is 14.4 Å². The molecule has 3 rings (SSSR count). The maximum absolute atomic E-state index is 12.9. The maximum atomic E-state index is 12.9. The van der Waals surface area contributed by atoms with Gasteiger partial charge in [0, 0.05) is 43.3 Å². The van der Waals surface area contributed by atoms with E-state index in [-0.39, 0.29) is 34.9 Å². The fourth-order valence-corrected chi connectivity index (χ4v) is 5.74. The number of Topliss-reactive ketones (excluding diaryl/α,β-unsaturated/α-hetero) is 1. The van der Waals surface area contributed by atoms with Crippen molar-refractivity contribution in [1.29, 1.82) is 0 Å². The second kappa shape index (κ2) is 8.08. The first-order valence-electron chi connectivity index (χ1n) is 9.42. The zero-order valence-corrected chi connectivity index (χ0v) is 15.9. The first kappa shape index (κ1) is 18.7. The molecule has 0 radical (unpaired) electrons. The van der Waals surface area contributed by atoms with Crippen LogP contribution < -0.4 is 10.6 Å². The van der Waals surface area contributed by atoms with Crippen molar-refractivity contribution in [2.75, 3.05) is 13.1 Å². The SMILES string of the molecule is CC(=O)NC1CCC(C(=O)N2CCC3NC(C(C)=O)SC3CC2)CC1. The molecule has 3 fully saturated rings. The van der Waals surface area contributed by atoms with E-state index < -0.39 is 0 Å². The smallest absolute Gasteiger partial charge is 0.225 e. The van der Waals surface area contributed by atoms with E-state index in [9.17, 15) is 14.4 Å². The van der Waals surface area contributed by atoms with Gasteiger partial charge in [0.1, 0.15) is 5.37 Å². The Kier molecular flexibility index (Phi) is 6.04. The van der Waals surface area contributed by atoms with Gasteiger partial charge in [0.25, 0.3) is 0 Å². The van der Waals surface area contributed by atoms with E-state index in [4.69, 9.17) is 0 Å². The molecule has 0 aromatic heterocycles. The normalized spacial score (nSPS) is 35.6. The number of thioether (sulfide) groups is 1. The third-order valence-electron chi connectivity index (χ3n) is 5.68. The highest BCUT2D eigenvalue weighted by Crippen LogP contribution is 2.34. The summed E-state index contributed by atoms with van der Waals surface area (Å²) in [7, 11) is 0. The largest absolute Gasteiger partial charge is 0.354 e. The molecular formula is C18H29N3O3S. The second-order valence-electron chi connectivity index (χ2n) is 7.59. The van der Waals surface area contributed by atoms with Crippen LogP contribution in [0.3, 0.4) is 0 Å². The molecule has 1 saturated carbocycles. The van der Waals surface area contributed by atoms with Crippen LogP contribution in [0.25, 0.3) is 0 Å². The molecule has 3 aliphatic rings. The minimum absolute atomic E-state index is 0.0164. The summed E-state index contributed by atoms with van der Waals surface area (Å²) in [4.78, 5) is 37.7. The third kappa shape index (κ3) is 4.56. The molecule has 2 saturated heterocycles. The topological polar surface area (TPSA) is 78.5 Å². The van der Waals surface area contributed by atoms with E-state index in [0.29, 0.717) is 11.3 Å². The van der Waals surface area contributed by atoms with Gasteiger partial charge >= 0.3 is 0 Å². The summed E-state index contributed by atoms with van der Waals surface area (Å²) in [6.07, 6.45) is 5.41. The highest BCUT2D eigenvalue weighted by atomic mass is 32.2. The standard InChI is InChI=1S/C18H29N3O3S/c1-11(22)17-20-15-7-9-21(10-8-16(15)25-17)18(24)13-3-5-14(6-4-13)19-12(2)23/h13-17,20H,3-10H2,1-2H3,(H,19,23). The summed E-state index contributed by atoms with van der Waals surface area (Å²) in [6.45, 7) is 4.77. The molecule has 0 spiro atoms. The van der Waals surface area contributed by atoms with E-state index in [0.717, 1.165) is 51.6 Å². The monoisotopic (exact) mass is 367 g/mol. The van der Waals surface area contributed by atoms with Crippen LogP contribution >= 0.6 is 11.8 Å². The number of ketones is 1. The molecule has 2 aliphatic heterocycles. The number of amides is 2. The van der Waals surface area contributed by atoms with E-state index in [1.807, 2.05) is 4.90 Å². The molecule has 2 N–H and O–H groups in total. The Morgan fingerprint density at radius 1 is 1.00 bits per heavy atom. The molecule has 2 heterocycles. The second-order valence-corrected chi connectivity index (χ2v) is 8.94. The molecule has 0 aromatic carbocycles. The number of likely N-dealkylation sites (tertiary alicyclic amines) is 1. The molecule has 0 bridgehead atoms. The van der Waals surface area contributed by atoms with Crippen LogP contribution in [0.15, 0.2) is 0 Å². The Hall–Kier alpha value is -1.08. The van der Waals surface area contributed by atoms with Crippen LogP contribution in [0.1, 0.15) is 52.4 Å². The molecule has 3 unspecified atom stereocenters.